The summed E-state index contributed by atoms with van der Waals surface area (Å²) in [6.07, 6.45) is 1.75. The normalized spacial score (nSPS) is 10.3. The first-order chi connectivity index (χ1) is 9.63. The van der Waals surface area contributed by atoms with Gasteiger partial charge < -0.3 is 10.2 Å². The van der Waals surface area contributed by atoms with Gasteiger partial charge in [0.2, 0.25) is 0 Å². The van der Waals surface area contributed by atoms with E-state index in [4.69, 9.17) is 0 Å². The van der Waals surface area contributed by atoms with Crippen LogP contribution in [0.2, 0.25) is 0 Å². The van der Waals surface area contributed by atoms with Gasteiger partial charge in [-0.2, -0.15) is 5.10 Å². The molecule has 2 aromatic rings. The van der Waals surface area contributed by atoms with Gasteiger partial charge >= 0.3 is 0 Å². The predicted molar refractivity (Wildman–Crippen MR) is 81.2 cm³/mol. The van der Waals surface area contributed by atoms with Crippen LogP contribution in [0.15, 0.2) is 36.5 Å². The van der Waals surface area contributed by atoms with E-state index >= 15 is 0 Å². The number of aryl methyl sites for hydroxylation is 1. The lowest BCUT2D eigenvalue weighted by molar-refractivity contribution is 0.102. The van der Waals surface area contributed by atoms with E-state index in [9.17, 15) is 4.79 Å². The van der Waals surface area contributed by atoms with Crippen LogP contribution in [-0.4, -0.2) is 28.8 Å². The number of carbonyl (C=O) groups excluding carboxylic acids is 1. The lowest BCUT2D eigenvalue weighted by atomic mass is 10.2. The van der Waals surface area contributed by atoms with Crippen LogP contribution in [0.1, 0.15) is 24.3 Å². The molecular formula is C15H20N4O. The fourth-order valence-electron chi connectivity index (χ4n) is 2.08. The molecule has 1 heterocycles. The van der Waals surface area contributed by atoms with E-state index in [1.807, 2.05) is 24.3 Å². The summed E-state index contributed by atoms with van der Waals surface area (Å²) in [7, 11) is 1.79. The van der Waals surface area contributed by atoms with Crippen LogP contribution in [0.3, 0.4) is 0 Å². The maximum Gasteiger partial charge on any atom is 0.276 e. The zero-order valence-corrected chi connectivity index (χ0v) is 12.1. The number of nitrogens with zero attached hydrogens (tertiary/aromatic N) is 3. The summed E-state index contributed by atoms with van der Waals surface area (Å²) in [4.78, 5) is 14.2. The highest BCUT2D eigenvalue weighted by atomic mass is 16.1. The molecule has 20 heavy (non-hydrogen) atoms. The van der Waals surface area contributed by atoms with Crippen molar-refractivity contribution >= 4 is 17.3 Å². The van der Waals surface area contributed by atoms with Gasteiger partial charge in [-0.3, -0.25) is 9.48 Å². The molecule has 0 saturated carbocycles. The van der Waals surface area contributed by atoms with Crippen molar-refractivity contribution in [2.24, 2.45) is 7.05 Å². The fraction of sp³-hybridized carbons (Fsp3) is 0.333. The number of aromatic nitrogens is 2. The molecule has 5 nitrogen and oxygen atoms in total. The van der Waals surface area contributed by atoms with Gasteiger partial charge in [0.05, 0.1) is 0 Å². The van der Waals surface area contributed by atoms with Crippen LogP contribution in [0.4, 0.5) is 11.4 Å². The van der Waals surface area contributed by atoms with Crippen molar-refractivity contribution in [2.75, 3.05) is 23.3 Å². The minimum absolute atomic E-state index is 0.193. The zero-order chi connectivity index (χ0) is 14.5. The van der Waals surface area contributed by atoms with E-state index in [-0.39, 0.29) is 5.91 Å². The van der Waals surface area contributed by atoms with Crippen LogP contribution in [0.25, 0.3) is 0 Å². The van der Waals surface area contributed by atoms with Gasteiger partial charge in [0.25, 0.3) is 5.91 Å². The minimum Gasteiger partial charge on any atom is -0.372 e. The standard InChI is InChI=1S/C15H20N4O/c1-4-19(5-2)13-8-6-12(7-9-13)16-15(20)14-10-11-18(3)17-14/h6-11H,4-5H2,1-3H3,(H,16,20). The second-order valence-electron chi connectivity index (χ2n) is 4.55. The van der Waals surface area contributed by atoms with Crippen molar-refractivity contribution in [1.29, 1.82) is 0 Å². The Labute approximate surface area is 119 Å². The Morgan fingerprint density at radius 1 is 1.20 bits per heavy atom. The quantitative estimate of drug-likeness (QED) is 0.910. The number of anilines is 2. The SMILES string of the molecule is CCN(CC)c1ccc(NC(=O)c2ccn(C)n2)cc1. The number of rotatable bonds is 5. The summed E-state index contributed by atoms with van der Waals surface area (Å²) >= 11 is 0. The van der Waals surface area contributed by atoms with Gasteiger partial charge in [-0.05, 0) is 44.2 Å². The van der Waals surface area contributed by atoms with Crippen LogP contribution in [0, 0.1) is 0 Å². The highest BCUT2D eigenvalue weighted by Crippen LogP contribution is 2.18. The lowest BCUT2D eigenvalue weighted by Gasteiger charge is -2.21. The van der Waals surface area contributed by atoms with Crippen molar-refractivity contribution in [3.8, 4) is 0 Å². The molecule has 0 aliphatic rings. The summed E-state index contributed by atoms with van der Waals surface area (Å²) < 4.78 is 1.61. The molecule has 1 aromatic heterocycles. The fourth-order valence-corrected chi connectivity index (χ4v) is 2.08. The molecule has 0 spiro atoms. The minimum atomic E-state index is -0.193. The molecular weight excluding hydrogens is 252 g/mol. The van der Waals surface area contributed by atoms with E-state index in [0.717, 1.165) is 24.5 Å². The second kappa shape index (κ2) is 6.23. The van der Waals surface area contributed by atoms with Gasteiger partial charge in [-0.15, -0.1) is 0 Å². The van der Waals surface area contributed by atoms with Gasteiger partial charge in [-0.1, -0.05) is 0 Å². The maximum absolute atomic E-state index is 12.0. The smallest absolute Gasteiger partial charge is 0.276 e. The Hall–Kier alpha value is -2.30. The maximum atomic E-state index is 12.0. The average molecular weight is 272 g/mol. The third kappa shape index (κ3) is 3.17. The number of nitrogens with one attached hydrogen (secondary N) is 1. The van der Waals surface area contributed by atoms with E-state index < -0.39 is 0 Å². The van der Waals surface area contributed by atoms with Crippen LogP contribution < -0.4 is 10.2 Å². The summed E-state index contributed by atoms with van der Waals surface area (Å²) in [6.45, 7) is 6.19. The monoisotopic (exact) mass is 272 g/mol. The zero-order valence-electron chi connectivity index (χ0n) is 12.1. The first-order valence-corrected chi connectivity index (χ1v) is 6.80. The third-order valence-corrected chi connectivity index (χ3v) is 3.20. The van der Waals surface area contributed by atoms with Crippen molar-refractivity contribution in [1.82, 2.24) is 9.78 Å². The Morgan fingerprint density at radius 3 is 2.35 bits per heavy atom. The number of carbonyl (C=O) groups is 1. The van der Waals surface area contributed by atoms with Crippen molar-refractivity contribution in [3.05, 3.63) is 42.2 Å². The summed E-state index contributed by atoms with van der Waals surface area (Å²) in [6, 6.07) is 9.55. The summed E-state index contributed by atoms with van der Waals surface area (Å²) in [5.74, 6) is -0.193. The molecule has 0 unspecified atom stereocenters. The van der Waals surface area contributed by atoms with E-state index in [1.54, 1.807) is 24.0 Å². The molecule has 2 rings (SSSR count). The average Bonchev–Trinajstić information content (AvgIpc) is 2.89. The van der Waals surface area contributed by atoms with Crippen LogP contribution >= 0.6 is 0 Å². The number of benzene rings is 1. The summed E-state index contributed by atoms with van der Waals surface area (Å²) in [5.41, 5.74) is 2.35. The molecule has 0 aliphatic heterocycles. The molecule has 1 amide bonds. The molecule has 5 heteroatoms. The van der Waals surface area contributed by atoms with Crippen molar-refractivity contribution in [3.63, 3.8) is 0 Å². The largest absolute Gasteiger partial charge is 0.372 e. The number of hydrogen-bond acceptors (Lipinski definition) is 3. The molecule has 0 saturated heterocycles. The first kappa shape index (κ1) is 14.1. The van der Waals surface area contributed by atoms with Crippen molar-refractivity contribution in [2.45, 2.75) is 13.8 Å². The Kier molecular flexibility index (Phi) is 4.40. The molecule has 0 bridgehead atoms. The molecule has 106 valence electrons. The van der Waals surface area contributed by atoms with Crippen LogP contribution in [-0.2, 0) is 7.05 Å². The molecule has 1 aromatic carbocycles. The second-order valence-corrected chi connectivity index (χ2v) is 4.55. The molecule has 0 atom stereocenters. The Balaban J connectivity index is 2.05. The van der Waals surface area contributed by atoms with Gasteiger partial charge in [-0.25, -0.2) is 0 Å². The highest BCUT2D eigenvalue weighted by molar-refractivity contribution is 6.02. The summed E-state index contributed by atoms with van der Waals surface area (Å²) in [5, 5.41) is 6.92. The van der Waals surface area contributed by atoms with E-state index in [0.29, 0.717) is 5.69 Å². The highest BCUT2D eigenvalue weighted by Gasteiger charge is 2.09. The lowest BCUT2D eigenvalue weighted by Crippen LogP contribution is -2.21. The molecule has 0 aliphatic carbocycles. The number of amides is 1. The van der Waals surface area contributed by atoms with Crippen molar-refractivity contribution < 1.29 is 4.79 Å². The van der Waals surface area contributed by atoms with Crippen LogP contribution in [0.5, 0.6) is 0 Å². The molecule has 0 radical (unpaired) electrons. The van der Waals surface area contributed by atoms with Gasteiger partial charge in [0.1, 0.15) is 0 Å². The van der Waals surface area contributed by atoms with Gasteiger partial charge in [0.15, 0.2) is 5.69 Å². The first-order valence-electron chi connectivity index (χ1n) is 6.80. The molecule has 1 N–H and O–H groups in total. The van der Waals surface area contributed by atoms with Gasteiger partial charge in [0, 0.05) is 37.7 Å². The third-order valence-electron chi connectivity index (χ3n) is 3.20. The van der Waals surface area contributed by atoms with E-state index in [2.05, 4.69) is 29.2 Å². The topological polar surface area (TPSA) is 50.2 Å². The number of hydrogen-bond donors (Lipinski definition) is 1. The predicted octanol–water partition coefficient (Wildman–Crippen LogP) is 2.52. The Bertz CT molecular complexity index is 570. The Morgan fingerprint density at radius 2 is 1.85 bits per heavy atom. The molecule has 0 fully saturated rings. The van der Waals surface area contributed by atoms with E-state index in [1.165, 1.54) is 0 Å².